The Morgan fingerprint density at radius 3 is 1.97 bits per heavy atom. The lowest BCUT2D eigenvalue weighted by atomic mass is 10.0. The fourth-order valence-corrected chi connectivity index (χ4v) is 3.66. The molecule has 3 aromatic carbocycles. The van der Waals surface area contributed by atoms with Gasteiger partial charge in [0.1, 0.15) is 6.04 Å². The molecule has 1 heterocycles. The summed E-state index contributed by atoms with van der Waals surface area (Å²) in [4.78, 5) is 40.1. The largest absolute Gasteiger partial charge is 0.350 e. The summed E-state index contributed by atoms with van der Waals surface area (Å²) < 4.78 is 0. The van der Waals surface area contributed by atoms with Gasteiger partial charge in [0.2, 0.25) is 5.91 Å². The van der Waals surface area contributed by atoms with Gasteiger partial charge in [-0.25, -0.2) is 0 Å². The number of carbonyl (C=O) groups excluding carboxylic acids is 3. The number of benzene rings is 3. The number of nitrogens with one attached hydrogen (secondary N) is 1. The van der Waals surface area contributed by atoms with E-state index in [1.807, 2.05) is 42.5 Å². The monoisotopic (exact) mass is 418 g/mol. The van der Waals surface area contributed by atoms with Crippen molar-refractivity contribution in [3.8, 4) is 0 Å². The highest BCUT2D eigenvalue weighted by Gasteiger charge is 2.42. The van der Waals surface area contributed by atoms with E-state index in [0.29, 0.717) is 16.1 Å². The minimum atomic E-state index is -0.952. The van der Waals surface area contributed by atoms with Gasteiger partial charge in [0.15, 0.2) is 0 Å². The fraction of sp³-hybridized carbons (Fsp3) is 0.125. The van der Waals surface area contributed by atoms with E-state index in [4.69, 9.17) is 11.6 Å². The predicted octanol–water partition coefficient (Wildman–Crippen LogP) is 3.86. The summed E-state index contributed by atoms with van der Waals surface area (Å²) in [6, 6.07) is 22.2. The van der Waals surface area contributed by atoms with Gasteiger partial charge in [-0.2, -0.15) is 0 Å². The number of halogens is 1. The first-order valence-electron chi connectivity index (χ1n) is 9.57. The first-order chi connectivity index (χ1) is 14.5. The second-order valence-corrected chi connectivity index (χ2v) is 7.51. The second kappa shape index (κ2) is 8.51. The Bertz CT molecular complexity index is 1060. The standard InChI is InChI=1S/C24H19ClN2O3/c25-18-12-10-17(11-13-18)15-26-22(28)21(14-16-6-2-1-3-7-16)27-23(29)19-8-4-5-9-20(19)24(27)30/h1-13,21H,14-15H2,(H,26,28)/t21-/m1/s1. The van der Waals surface area contributed by atoms with Crippen molar-refractivity contribution in [1.82, 2.24) is 10.2 Å². The van der Waals surface area contributed by atoms with Gasteiger partial charge in [-0.05, 0) is 35.4 Å². The van der Waals surface area contributed by atoms with E-state index in [1.165, 1.54) is 0 Å². The van der Waals surface area contributed by atoms with Gasteiger partial charge in [-0.15, -0.1) is 0 Å². The van der Waals surface area contributed by atoms with Crippen LogP contribution in [0.1, 0.15) is 31.8 Å². The van der Waals surface area contributed by atoms with Crippen LogP contribution in [-0.2, 0) is 17.8 Å². The third kappa shape index (κ3) is 3.98. The Kier molecular flexibility index (Phi) is 5.63. The van der Waals surface area contributed by atoms with Crippen LogP contribution in [0, 0.1) is 0 Å². The van der Waals surface area contributed by atoms with Crippen LogP contribution in [0.5, 0.6) is 0 Å². The summed E-state index contributed by atoms with van der Waals surface area (Å²) >= 11 is 5.91. The Morgan fingerprint density at radius 2 is 1.37 bits per heavy atom. The minimum absolute atomic E-state index is 0.235. The number of rotatable bonds is 6. The zero-order valence-corrected chi connectivity index (χ0v) is 16.8. The minimum Gasteiger partial charge on any atom is -0.350 e. The summed E-state index contributed by atoms with van der Waals surface area (Å²) in [6.45, 7) is 0.268. The van der Waals surface area contributed by atoms with E-state index < -0.39 is 17.9 Å². The van der Waals surface area contributed by atoms with Gasteiger partial charge in [-0.1, -0.05) is 66.2 Å². The average Bonchev–Trinajstić information content (AvgIpc) is 3.02. The van der Waals surface area contributed by atoms with E-state index in [1.54, 1.807) is 36.4 Å². The van der Waals surface area contributed by atoms with Gasteiger partial charge >= 0.3 is 0 Å². The molecule has 0 unspecified atom stereocenters. The molecule has 1 aliphatic rings. The van der Waals surface area contributed by atoms with Crippen LogP contribution in [0.3, 0.4) is 0 Å². The number of hydrogen-bond donors (Lipinski definition) is 1. The molecule has 3 aromatic rings. The van der Waals surface area contributed by atoms with Crippen molar-refractivity contribution >= 4 is 29.3 Å². The van der Waals surface area contributed by atoms with Gasteiger partial charge in [-0.3, -0.25) is 19.3 Å². The molecule has 5 nitrogen and oxygen atoms in total. The maximum absolute atomic E-state index is 13.1. The van der Waals surface area contributed by atoms with Crippen molar-refractivity contribution in [2.75, 3.05) is 0 Å². The molecule has 0 aliphatic carbocycles. The number of fused-ring (bicyclic) bond motifs is 1. The third-order valence-electron chi connectivity index (χ3n) is 5.09. The molecule has 150 valence electrons. The van der Waals surface area contributed by atoms with Gasteiger partial charge in [0, 0.05) is 18.0 Å². The number of amides is 3. The lowest BCUT2D eigenvalue weighted by molar-refractivity contribution is -0.125. The van der Waals surface area contributed by atoms with Crippen LogP contribution in [0.25, 0.3) is 0 Å². The topological polar surface area (TPSA) is 66.5 Å². The smallest absolute Gasteiger partial charge is 0.262 e. The summed E-state index contributed by atoms with van der Waals surface area (Å²) in [5.74, 6) is -1.28. The van der Waals surface area contributed by atoms with Crippen molar-refractivity contribution in [3.63, 3.8) is 0 Å². The highest BCUT2D eigenvalue weighted by atomic mass is 35.5. The van der Waals surface area contributed by atoms with Crippen LogP contribution >= 0.6 is 11.6 Å². The Hall–Kier alpha value is -3.44. The molecule has 1 atom stereocenters. The first kappa shape index (κ1) is 19.9. The molecule has 0 spiro atoms. The summed E-state index contributed by atoms with van der Waals surface area (Å²) in [5, 5.41) is 3.46. The van der Waals surface area contributed by atoms with E-state index in [2.05, 4.69) is 5.32 Å². The summed E-state index contributed by atoms with van der Waals surface area (Å²) in [6.07, 6.45) is 0.235. The molecule has 0 fully saturated rings. The van der Waals surface area contributed by atoms with Gasteiger partial charge in [0.25, 0.3) is 11.8 Å². The summed E-state index contributed by atoms with van der Waals surface area (Å²) in [7, 11) is 0. The van der Waals surface area contributed by atoms with Gasteiger partial charge < -0.3 is 5.32 Å². The predicted molar refractivity (Wildman–Crippen MR) is 114 cm³/mol. The Morgan fingerprint density at radius 1 is 0.800 bits per heavy atom. The zero-order valence-electron chi connectivity index (χ0n) is 16.0. The average molecular weight is 419 g/mol. The maximum Gasteiger partial charge on any atom is 0.262 e. The molecule has 3 amide bonds. The van der Waals surface area contributed by atoms with Crippen LogP contribution in [0.4, 0.5) is 0 Å². The molecule has 6 heteroatoms. The maximum atomic E-state index is 13.1. The number of nitrogens with zero attached hydrogens (tertiary/aromatic N) is 1. The summed E-state index contributed by atoms with van der Waals surface area (Å²) in [5.41, 5.74) is 2.38. The molecule has 30 heavy (non-hydrogen) atoms. The first-order valence-corrected chi connectivity index (χ1v) is 9.95. The normalized spacial score (nSPS) is 13.8. The van der Waals surface area contributed by atoms with E-state index in [-0.39, 0.29) is 18.9 Å². The zero-order chi connectivity index (χ0) is 21.1. The lowest BCUT2D eigenvalue weighted by Gasteiger charge is -2.25. The van der Waals surface area contributed by atoms with Crippen molar-refractivity contribution in [2.24, 2.45) is 0 Å². The van der Waals surface area contributed by atoms with Crippen molar-refractivity contribution in [2.45, 2.75) is 19.0 Å². The highest BCUT2D eigenvalue weighted by molar-refractivity contribution is 6.30. The molecular formula is C24H19ClN2O3. The van der Waals surface area contributed by atoms with Crippen LogP contribution in [-0.4, -0.2) is 28.7 Å². The quantitative estimate of drug-likeness (QED) is 0.618. The van der Waals surface area contributed by atoms with Crippen LogP contribution < -0.4 is 5.32 Å². The number of hydrogen-bond acceptors (Lipinski definition) is 3. The van der Waals surface area contributed by atoms with E-state index in [0.717, 1.165) is 16.0 Å². The number of carbonyl (C=O) groups is 3. The van der Waals surface area contributed by atoms with Crippen LogP contribution in [0.2, 0.25) is 5.02 Å². The number of imide groups is 1. The van der Waals surface area contributed by atoms with Crippen molar-refractivity contribution in [3.05, 3.63) is 106 Å². The molecule has 0 radical (unpaired) electrons. The third-order valence-corrected chi connectivity index (χ3v) is 5.34. The van der Waals surface area contributed by atoms with Crippen molar-refractivity contribution in [1.29, 1.82) is 0 Å². The molecule has 0 aromatic heterocycles. The Balaban J connectivity index is 1.60. The lowest BCUT2D eigenvalue weighted by Crippen LogP contribution is -2.50. The van der Waals surface area contributed by atoms with Crippen molar-refractivity contribution < 1.29 is 14.4 Å². The van der Waals surface area contributed by atoms with E-state index in [9.17, 15) is 14.4 Å². The molecule has 0 bridgehead atoms. The highest BCUT2D eigenvalue weighted by Crippen LogP contribution is 2.26. The Labute approximate surface area is 179 Å². The van der Waals surface area contributed by atoms with Gasteiger partial charge in [0.05, 0.1) is 11.1 Å². The van der Waals surface area contributed by atoms with E-state index >= 15 is 0 Å². The molecular weight excluding hydrogens is 400 g/mol. The second-order valence-electron chi connectivity index (χ2n) is 7.08. The fourth-order valence-electron chi connectivity index (χ4n) is 3.54. The van der Waals surface area contributed by atoms with Crippen LogP contribution in [0.15, 0.2) is 78.9 Å². The molecule has 1 aliphatic heterocycles. The molecule has 0 saturated heterocycles. The molecule has 1 N–H and O–H groups in total. The molecule has 4 rings (SSSR count). The SMILES string of the molecule is O=C(NCc1ccc(Cl)cc1)[C@@H](Cc1ccccc1)N1C(=O)c2ccccc2C1=O. The molecule has 0 saturated carbocycles.